The maximum Gasteiger partial charge on any atom is 0.423 e. The maximum atomic E-state index is 12.9. The van der Waals surface area contributed by atoms with Gasteiger partial charge in [-0.05, 0) is 31.9 Å². The number of rotatable bonds is 4. The number of hydrogen-bond acceptors (Lipinski definition) is 4. The number of nitro groups is 1. The van der Waals surface area contributed by atoms with Crippen molar-refractivity contribution in [3.8, 4) is 0 Å². The molecule has 1 saturated heterocycles. The molecule has 0 radical (unpaired) electrons. The van der Waals surface area contributed by atoms with E-state index in [-0.39, 0.29) is 17.8 Å². The van der Waals surface area contributed by atoms with Crippen LogP contribution in [-0.4, -0.2) is 23.7 Å². The highest BCUT2D eigenvalue weighted by Crippen LogP contribution is 2.37. The first kappa shape index (κ1) is 15.6. The number of nitrogens with zero attached hydrogens (tertiary/aromatic N) is 1. The molecule has 8 heteroatoms. The lowest BCUT2D eigenvalue weighted by Crippen LogP contribution is -2.30. The summed E-state index contributed by atoms with van der Waals surface area (Å²) >= 11 is 0. The zero-order valence-electron chi connectivity index (χ0n) is 11.3. The molecule has 116 valence electrons. The molecule has 1 aromatic carbocycles. The number of nitro benzene ring substituents is 1. The predicted molar refractivity (Wildman–Crippen MR) is 70.2 cm³/mol. The molecule has 0 amide bonds. The molecule has 1 fully saturated rings. The van der Waals surface area contributed by atoms with Gasteiger partial charge in [0.1, 0.15) is 5.56 Å². The second kappa shape index (κ2) is 5.88. The summed E-state index contributed by atoms with van der Waals surface area (Å²) in [6.45, 7) is 2.45. The van der Waals surface area contributed by atoms with Gasteiger partial charge in [-0.2, -0.15) is 13.2 Å². The van der Waals surface area contributed by atoms with Crippen LogP contribution < -0.4 is 5.32 Å². The molecule has 0 bridgehead atoms. The molecular weight excluding hydrogens is 289 g/mol. The zero-order valence-corrected chi connectivity index (χ0v) is 11.3. The van der Waals surface area contributed by atoms with Crippen LogP contribution in [0, 0.1) is 10.1 Å². The molecule has 1 heterocycles. The van der Waals surface area contributed by atoms with Crippen LogP contribution >= 0.6 is 0 Å². The molecule has 5 nitrogen and oxygen atoms in total. The Kier molecular flexibility index (Phi) is 4.36. The fourth-order valence-corrected chi connectivity index (χ4v) is 2.36. The molecular formula is C13H15F3N2O3. The fraction of sp³-hybridized carbons (Fsp3) is 0.538. The normalized spacial score (nSPS) is 20.3. The van der Waals surface area contributed by atoms with E-state index in [4.69, 9.17) is 4.74 Å². The van der Waals surface area contributed by atoms with E-state index in [1.165, 1.54) is 6.07 Å². The number of nitrogens with one attached hydrogen (secondary N) is 1. The van der Waals surface area contributed by atoms with Gasteiger partial charge in [0.25, 0.3) is 5.69 Å². The highest BCUT2D eigenvalue weighted by Gasteiger charge is 2.38. The highest BCUT2D eigenvalue weighted by molar-refractivity contribution is 5.55. The van der Waals surface area contributed by atoms with Gasteiger partial charge in [-0.25, -0.2) is 0 Å². The van der Waals surface area contributed by atoms with E-state index in [1.807, 2.05) is 6.92 Å². The summed E-state index contributed by atoms with van der Waals surface area (Å²) in [6.07, 6.45) is -3.07. The number of alkyl halides is 3. The fourth-order valence-electron chi connectivity index (χ4n) is 2.36. The van der Waals surface area contributed by atoms with Crippen molar-refractivity contribution in [3.05, 3.63) is 33.9 Å². The minimum absolute atomic E-state index is 0.0606. The number of benzene rings is 1. The third-order valence-corrected chi connectivity index (χ3v) is 3.42. The molecule has 0 aromatic heterocycles. The standard InChI is InChI=1S/C13H15F3N2O3/c1-8(12-3-2-6-21-12)17-9-4-5-11(18(19)20)10(7-9)13(14,15)16/h4-5,7-8,12,17H,2-3,6H2,1H3. The number of anilines is 1. The van der Waals surface area contributed by atoms with Crippen molar-refractivity contribution in [2.75, 3.05) is 11.9 Å². The SMILES string of the molecule is CC(Nc1ccc([N+](=O)[O-])c(C(F)(F)F)c1)C1CCCO1. The van der Waals surface area contributed by atoms with Crippen molar-refractivity contribution in [1.82, 2.24) is 0 Å². The molecule has 1 aromatic rings. The molecule has 1 N–H and O–H groups in total. The van der Waals surface area contributed by atoms with Crippen LogP contribution in [0.3, 0.4) is 0 Å². The van der Waals surface area contributed by atoms with Gasteiger partial charge in [0.05, 0.1) is 11.0 Å². The van der Waals surface area contributed by atoms with Gasteiger partial charge in [0, 0.05) is 24.4 Å². The predicted octanol–water partition coefficient (Wildman–Crippen LogP) is 3.59. The van der Waals surface area contributed by atoms with Gasteiger partial charge >= 0.3 is 6.18 Å². The molecule has 1 aliphatic rings. The smallest absolute Gasteiger partial charge is 0.380 e. The van der Waals surface area contributed by atoms with Crippen LogP contribution in [0.1, 0.15) is 25.3 Å². The number of halogens is 3. The Morgan fingerprint density at radius 1 is 1.48 bits per heavy atom. The van der Waals surface area contributed by atoms with Gasteiger partial charge in [-0.15, -0.1) is 0 Å². The third-order valence-electron chi connectivity index (χ3n) is 3.42. The number of hydrogen-bond donors (Lipinski definition) is 1. The monoisotopic (exact) mass is 304 g/mol. The Morgan fingerprint density at radius 2 is 2.19 bits per heavy atom. The van der Waals surface area contributed by atoms with Crippen LogP contribution in [0.4, 0.5) is 24.5 Å². The summed E-state index contributed by atoms with van der Waals surface area (Å²) in [6, 6.07) is 2.74. The van der Waals surface area contributed by atoms with Gasteiger partial charge < -0.3 is 10.1 Å². The Bertz CT molecular complexity index is 528. The molecule has 0 aliphatic carbocycles. The van der Waals surface area contributed by atoms with E-state index in [9.17, 15) is 23.3 Å². The lowest BCUT2D eigenvalue weighted by atomic mass is 10.1. The number of ether oxygens (including phenoxy) is 1. The minimum atomic E-state index is -4.77. The average Bonchev–Trinajstić information content (AvgIpc) is 2.91. The van der Waals surface area contributed by atoms with E-state index in [0.29, 0.717) is 6.61 Å². The zero-order chi connectivity index (χ0) is 15.6. The van der Waals surface area contributed by atoms with Gasteiger partial charge in [-0.1, -0.05) is 0 Å². The van der Waals surface area contributed by atoms with Gasteiger partial charge in [0.2, 0.25) is 0 Å². The third kappa shape index (κ3) is 3.63. The molecule has 1 aliphatic heterocycles. The van der Waals surface area contributed by atoms with Crippen molar-refractivity contribution >= 4 is 11.4 Å². The van der Waals surface area contributed by atoms with Crippen molar-refractivity contribution in [2.45, 2.75) is 38.1 Å². The van der Waals surface area contributed by atoms with Crippen molar-refractivity contribution in [1.29, 1.82) is 0 Å². The summed E-state index contributed by atoms with van der Waals surface area (Å²) in [5.41, 5.74) is -2.01. The molecule has 0 saturated carbocycles. The molecule has 21 heavy (non-hydrogen) atoms. The van der Waals surface area contributed by atoms with E-state index in [0.717, 1.165) is 25.0 Å². The molecule has 2 atom stereocenters. The summed E-state index contributed by atoms with van der Waals surface area (Å²) < 4.78 is 44.1. The Hall–Kier alpha value is -1.83. The van der Waals surface area contributed by atoms with Crippen LogP contribution in [0.15, 0.2) is 18.2 Å². The lowest BCUT2D eigenvalue weighted by molar-refractivity contribution is -0.388. The van der Waals surface area contributed by atoms with Crippen molar-refractivity contribution in [3.63, 3.8) is 0 Å². The van der Waals surface area contributed by atoms with E-state index in [1.54, 1.807) is 0 Å². The minimum Gasteiger partial charge on any atom is -0.380 e. The van der Waals surface area contributed by atoms with E-state index < -0.39 is 22.4 Å². The second-order valence-corrected chi connectivity index (χ2v) is 4.97. The summed E-state index contributed by atoms with van der Waals surface area (Å²) in [5.74, 6) is 0. The molecule has 2 unspecified atom stereocenters. The maximum absolute atomic E-state index is 12.9. The van der Waals surface area contributed by atoms with Crippen LogP contribution in [0.5, 0.6) is 0 Å². The van der Waals surface area contributed by atoms with Gasteiger partial charge in [-0.3, -0.25) is 10.1 Å². The first-order valence-electron chi connectivity index (χ1n) is 6.53. The first-order valence-corrected chi connectivity index (χ1v) is 6.53. The lowest BCUT2D eigenvalue weighted by Gasteiger charge is -2.21. The highest BCUT2D eigenvalue weighted by atomic mass is 19.4. The second-order valence-electron chi connectivity index (χ2n) is 4.97. The quantitative estimate of drug-likeness (QED) is 0.682. The van der Waals surface area contributed by atoms with Crippen LogP contribution in [0.2, 0.25) is 0 Å². The van der Waals surface area contributed by atoms with Crippen molar-refractivity contribution < 1.29 is 22.8 Å². The Labute approximate surface area is 119 Å². The van der Waals surface area contributed by atoms with Gasteiger partial charge in [0.15, 0.2) is 0 Å². The molecule has 2 rings (SSSR count). The largest absolute Gasteiger partial charge is 0.423 e. The Balaban J connectivity index is 2.23. The van der Waals surface area contributed by atoms with E-state index in [2.05, 4.69) is 5.32 Å². The summed E-state index contributed by atoms with van der Waals surface area (Å²) in [7, 11) is 0. The van der Waals surface area contributed by atoms with Crippen LogP contribution in [0.25, 0.3) is 0 Å². The van der Waals surface area contributed by atoms with Crippen molar-refractivity contribution in [2.24, 2.45) is 0 Å². The average molecular weight is 304 g/mol. The summed E-state index contributed by atoms with van der Waals surface area (Å²) in [5, 5.41) is 13.6. The Morgan fingerprint density at radius 3 is 2.71 bits per heavy atom. The topological polar surface area (TPSA) is 64.4 Å². The van der Waals surface area contributed by atoms with Crippen LogP contribution in [-0.2, 0) is 10.9 Å². The first-order chi connectivity index (χ1) is 9.79. The molecule has 0 spiro atoms. The summed E-state index contributed by atoms with van der Waals surface area (Å²) in [4.78, 5) is 9.64. The van der Waals surface area contributed by atoms with E-state index >= 15 is 0 Å².